The van der Waals surface area contributed by atoms with Gasteiger partial charge in [-0.3, -0.25) is 4.79 Å². The van der Waals surface area contributed by atoms with Gasteiger partial charge in [-0.15, -0.1) is 0 Å². The molecule has 1 heterocycles. The Morgan fingerprint density at radius 3 is 2.65 bits per heavy atom. The first-order valence-corrected chi connectivity index (χ1v) is 9.38. The number of benzene rings is 1. The monoisotopic (exact) mass is 342 g/mol. The molecule has 128 valence electrons. The molecule has 1 amide bonds. The van der Waals surface area contributed by atoms with Crippen molar-refractivity contribution >= 4 is 15.9 Å². The molecule has 0 aliphatic carbocycles. The molecule has 1 aliphatic heterocycles. The van der Waals surface area contributed by atoms with E-state index < -0.39 is 10.0 Å². The molecular formula is C15H22N2O5S. The van der Waals surface area contributed by atoms with E-state index in [0.29, 0.717) is 24.7 Å². The fourth-order valence-corrected chi connectivity index (χ4v) is 2.67. The van der Waals surface area contributed by atoms with E-state index in [9.17, 15) is 13.2 Å². The summed E-state index contributed by atoms with van der Waals surface area (Å²) < 4.78 is 35.4. The summed E-state index contributed by atoms with van der Waals surface area (Å²) in [6.45, 7) is 3.18. The minimum absolute atomic E-state index is 0.0819. The number of amides is 1. The second kappa shape index (κ2) is 7.65. The Bertz CT molecular complexity index is 660. The van der Waals surface area contributed by atoms with Crippen LogP contribution >= 0.6 is 0 Å². The van der Waals surface area contributed by atoms with Crippen molar-refractivity contribution < 1.29 is 22.7 Å². The van der Waals surface area contributed by atoms with Crippen molar-refractivity contribution in [3.8, 4) is 11.5 Å². The van der Waals surface area contributed by atoms with Gasteiger partial charge in [-0.2, -0.15) is 0 Å². The summed E-state index contributed by atoms with van der Waals surface area (Å²) in [6, 6.07) is 5.37. The molecule has 0 radical (unpaired) electrons. The van der Waals surface area contributed by atoms with Gasteiger partial charge < -0.3 is 14.8 Å². The fraction of sp³-hybridized carbons (Fsp3) is 0.533. The smallest absolute Gasteiger partial charge is 0.221 e. The van der Waals surface area contributed by atoms with Gasteiger partial charge in [-0.1, -0.05) is 6.07 Å². The Hall–Kier alpha value is -1.80. The molecule has 0 fully saturated rings. The predicted molar refractivity (Wildman–Crippen MR) is 86.1 cm³/mol. The Morgan fingerprint density at radius 2 is 1.96 bits per heavy atom. The van der Waals surface area contributed by atoms with E-state index in [0.717, 1.165) is 18.2 Å². The van der Waals surface area contributed by atoms with Gasteiger partial charge in [0.05, 0.1) is 25.5 Å². The van der Waals surface area contributed by atoms with Gasteiger partial charge in [0, 0.05) is 19.4 Å². The van der Waals surface area contributed by atoms with Gasteiger partial charge in [-0.05, 0) is 24.6 Å². The highest BCUT2D eigenvalue weighted by molar-refractivity contribution is 7.88. The molecule has 0 spiro atoms. The standard InChI is InChI=1S/C15H22N2O5S/c1-11(17-15(18)6-7-16-23(2,19)20)12-4-5-13-14(10-12)22-9-3-8-21-13/h4-5,10-11,16H,3,6-9H2,1-2H3,(H,17,18). The number of rotatable bonds is 6. The lowest BCUT2D eigenvalue weighted by Crippen LogP contribution is -2.31. The molecule has 0 saturated carbocycles. The molecule has 8 heteroatoms. The summed E-state index contributed by atoms with van der Waals surface area (Å²) in [7, 11) is -3.27. The van der Waals surface area contributed by atoms with E-state index in [4.69, 9.17) is 9.47 Å². The zero-order chi connectivity index (χ0) is 16.9. The van der Waals surface area contributed by atoms with Gasteiger partial charge in [0.1, 0.15) is 0 Å². The summed E-state index contributed by atoms with van der Waals surface area (Å²) >= 11 is 0. The van der Waals surface area contributed by atoms with E-state index >= 15 is 0 Å². The number of nitrogens with one attached hydrogen (secondary N) is 2. The van der Waals surface area contributed by atoms with E-state index in [-0.39, 0.29) is 24.9 Å². The Labute approximate surface area is 136 Å². The third-order valence-electron chi connectivity index (χ3n) is 3.37. The fourth-order valence-electron chi connectivity index (χ4n) is 2.20. The van der Waals surface area contributed by atoms with Crippen LogP contribution in [0, 0.1) is 0 Å². The highest BCUT2D eigenvalue weighted by atomic mass is 32.2. The van der Waals surface area contributed by atoms with Crippen LogP contribution in [0.1, 0.15) is 31.4 Å². The van der Waals surface area contributed by atoms with Crippen LogP contribution in [0.25, 0.3) is 0 Å². The summed E-state index contributed by atoms with van der Waals surface area (Å²) in [4.78, 5) is 11.9. The molecule has 2 N–H and O–H groups in total. The Kier molecular flexibility index (Phi) is 5.84. The van der Waals surface area contributed by atoms with Crippen molar-refractivity contribution in [3.05, 3.63) is 23.8 Å². The molecule has 23 heavy (non-hydrogen) atoms. The SMILES string of the molecule is CC(NC(=O)CCNS(C)(=O)=O)c1ccc2c(c1)OCCCO2. The minimum Gasteiger partial charge on any atom is -0.490 e. The average molecular weight is 342 g/mol. The average Bonchev–Trinajstić information content (AvgIpc) is 2.70. The largest absolute Gasteiger partial charge is 0.490 e. The first kappa shape index (κ1) is 17.6. The lowest BCUT2D eigenvalue weighted by atomic mass is 10.1. The molecular weight excluding hydrogens is 320 g/mol. The molecule has 1 atom stereocenters. The maximum atomic E-state index is 11.9. The van der Waals surface area contributed by atoms with Crippen LogP contribution in [-0.4, -0.2) is 40.3 Å². The predicted octanol–water partition coefficient (Wildman–Crippen LogP) is 0.964. The van der Waals surface area contributed by atoms with Gasteiger partial charge in [0.2, 0.25) is 15.9 Å². The number of fused-ring (bicyclic) bond motifs is 1. The number of carbonyl (C=O) groups excluding carboxylic acids is 1. The normalized spacial score (nSPS) is 15.6. The van der Waals surface area contributed by atoms with Crippen LogP contribution in [0.5, 0.6) is 11.5 Å². The van der Waals surface area contributed by atoms with Crippen molar-refractivity contribution in [1.29, 1.82) is 0 Å². The lowest BCUT2D eigenvalue weighted by Gasteiger charge is -2.16. The topological polar surface area (TPSA) is 93.7 Å². The van der Waals surface area contributed by atoms with E-state index in [1.165, 1.54) is 0 Å². The van der Waals surface area contributed by atoms with Gasteiger partial charge in [0.15, 0.2) is 11.5 Å². The van der Waals surface area contributed by atoms with Gasteiger partial charge >= 0.3 is 0 Å². The van der Waals surface area contributed by atoms with Crippen LogP contribution in [0.15, 0.2) is 18.2 Å². The highest BCUT2D eigenvalue weighted by Gasteiger charge is 2.15. The van der Waals surface area contributed by atoms with Crippen LogP contribution in [0.4, 0.5) is 0 Å². The maximum Gasteiger partial charge on any atom is 0.221 e. The summed E-state index contributed by atoms with van der Waals surface area (Å²) in [5, 5.41) is 2.83. The number of ether oxygens (including phenoxy) is 2. The zero-order valence-corrected chi connectivity index (χ0v) is 14.1. The molecule has 7 nitrogen and oxygen atoms in total. The zero-order valence-electron chi connectivity index (χ0n) is 13.3. The van der Waals surface area contributed by atoms with Crippen molar-refractivity contribution in [2.24, 2.45) is 0 Å². The minimum atomic E-state index is -3.27. The molecule has 1 aliphatic rings. The van der Waals surface area contributed by atoms with Gasteiger partial charge in [-0.25, -0.2) is 13.1 Å². The molecule has 0 bridgehead atoms. The molecule has 0 aromatic heterocycles. The Morgan fingerprint density at radius 1 is 1.26 bits per heavy atom. The van der Waals surface area contributed by atoms with Crippen LogP contribution in [0.2, 0.25) is 0 Å². The van der Waals surface area contributed by atoms with Crippen molar-refractivity contribution in [2.75, 3.05) is 26.0 Å². The molecule has 1 aromatic rings. The third kappa shape index (κ3) is 5.72. The molecule has 1 aromatic carbocycles. The summed E-state index contributed by atoms with van der Waals surface area (Å²) in [5.41, 5.74) is 0.902. The van der Waals surface area contributed by atoms with Gasteiger partial charge in [0.25, 0.3) is 0 Å². The lowest BCUT2D eigenvalue weighted by molar-refractivity contribution is -0.121. The molecule has 2 rings (SSSR count). The number of hydrogen-bond acceptors (Lipinski definition) is 5. The Balaban J connectivity index is 1.91. The number of carbonyl (C=O) groups is 1. The van der Waals surface area contributed by atoms with Crippen LogP contribution in [-0.2, 0) is 14.8 Å². The van der Waals surface area contributed by atoms with Crippen molar-refractivity contribution in [1.82, 2.24) is 10.0 Å². The number of hydrogen-bond donors (Lipinski definition) is 2. The second-order valence-electron chi connectivity index (χ2n) is 5.46. The molecule has 0 saturated heterocycles. The van der Waals surface area contributed by atoms with E-state index in [2.05, 4.69) is 10.0 Å². The number of sulfonamides is 1. The summed E-state index contributed by atoms with van der Waals surface area (Å²) in [5.74, 6) is 1.17. The quantitative estimate of drug-likeness (QED) is 0.803. The van der Waals surface area contributed by atoms with Crippen molar-refractivity contribution in [3.63, 3.8) is 0 Å². The van der Waals surface area contributed by atoms with E-state index in [1.807, 2.05) is 25.1 Å². The van der Waals surface area contributed by atoms with Crippen LogP contribution in [0.3, 0.4) is 0 Å². The maximum absolute atomic E-state index is 11.9. The first-order chi connectivity index (χ1) is 10.8. The first-order valence-electron chi connectivity index (χ1n) is 7.49. The van der Waals surface area contributed by atoms with E-state index in [1.54, 1.807) is 0 Å². The van der Waals surface area contributed by atoms with Crippen LogP contribution < -0.4 is 19.5 Å². The second-order valence-corrected chi connectivity index (χ2v) is 7.30. The summed E-state index contributed by atoms with van der Waals surface area (Å²) in [6.07, 6.45) is 1.98. The van der Waals surface area contributed by atoms with Crippen molar-refractivity contribution in [2.45, 2.75) is 25.8 Å². The highest BCUT2D eigenvalue weighted by Crippen LogP contribution is 2.32. The third-order valence-corrected chi connectivity index (χ3v) is 4.09. The molecule has 1 unspecified atom stereocenters.